The molecule has 172 valence electrons. The van der Waals surface area contributed by atoms with Crippen molar-refractivity contribution in [3.8, 4) is 5.75 Å². The Labute approximate surface area is 210 Å². The van der Waals surface area contributed by atoms with Crippen LogP contribution in [0.15, 0.2) is 72.0 Å². The van der Waals surface area contributed by atoms with Crippen LogP contribution >= 0.6 is 35.6 Å². The Kier molecular flexibility index (Phi) is 10.8. The van der Waals surface area contributed by atoms with E-state index in [0.29, 0.717) is 24.1 Å². The zero-order chi connectivity index (χ0) is 22.1. The van der Waals surface area contributed by atoms with E-state index in [1.54, 1.807) is 13.3 Å². The minimum atomic E-state index is -0.709. The zero-order valence-corrected chi connectivity index (χ0v) is 21.2. The molecule has 0 amide bonds. The van der Waals surface area contributed by atoms with Gasteiger partial charge in [0.05, 0.1) is 25.8 Å². The summed E-state index contributed by atoms with van der Waals surface area (Å²) in [7, 11) is 1.62. The second-order valence-electron chi connectivity index (χ2n) is 6.94. The average molecular weight is 570 g/mol. The van der Waals surface area contributed by atoms with E-state index in [4.69, 9.17) is 16.3 Å². The molecule has 0 aliphatic rings. The second kappa shape index (κ2) is 13.3. The van der Waals surface area contributed by atoms with E-state index in [2.05, 4.69) is 20.7 Å². The fourth-order valence-corrected chi connectivity index (χ4v) is 3.28. The van der Waals surface area contributed by atoms with Crippen LogP contribution in [0.3, 0.4) is 0 Å². The van der Waals surface area contributed by atoms with Crippen LogP contribution in [0.5, 0.6) is 5.75 Å². The molecule has 0 radical (unpaired) electrons. The van der Waals surface area contributed by atoms with Gasteiger partial charge in [0.25, 0.3) is 0 Å². The van der Waals surface area contributed by atoms with Gasteiger partial charge in [-0.05, 0) is 48.4 Å². The highest BCUT2D eigenvalue weighted by atomic mass is 127. The number of nitrogens with zero attached hydrogens (tertiary/aromatic N) is 3. The summed E-state index contributed by atoms with van der Waals surface area (Å²) < 4.78 is 7.06. The summed E-state index contributed by atoms with van der Waals surface area (Å²) in [5.41, 5.74) is 1.87. The molecular weight excluding hydrogens is 541 g/mol. The summed E-state index contributed by atoms with van der Waals surface area (Å²) in [6.45, 7) is 3.50. The highest BCUT2D eigenvalue weighted by molar-refractivity contribution is 14.0. The first-order valence-corrected chi connectivity index (χ1v) is 10.6. The Hall–Kier alpha value is -2.30. The maximum absolute atomic E-state index is 10.5. The number of nitrogens with one attached hydrogen (secondary N) is 2. The number of hydrogen-bond donors (Lipinski definition) is 3. The SMILES string of the molecule is CCNC(=NCC(O)c1ccc(OC)cc1)NCC(c1ccc(Cl)cc1)n1cccn1.I. The van der Waals surface area contributed by atoms with E-state index in [9.17, 15) is 5.11 Å². The first kappa shape index (κ1) is 26.0. The number of hydrogen-bond acceptors (Lipinski definition) is 4. The number of ether oxygens (including phenoxy) is 1. The molecule has 1 heterocycles. The monoisotopic (exact) mass is 569 g/mol. The molecule has 0 saturated heterocycles. The van der Waals surface area contributed by atoms with Gasteiger partial charge in [0, 0.05) is 30.5 Å². The third-order valence-electron chi connectivity index (χ3n) is 4.83. The summed E-state index contributed by atoms with van der Waals surface area (Å²) in [6.07, 6.45) is 2.98. The maximum Gasteiger partial charge on any atom is 0.191 e. The topological polar surface area (TPSA) is 83.7 Å². The van der Waals surface area contributed by atoms with E-state index in [-0.39, 0.29) is 36.6 Å². The molecule has 32 heavy (non-hydrogen) atoms. The molecule has 0 saturated carbocycles. The van der Waals surface area contributed by atoms with Crippen molar-refractivity contribution >= 4 is 41.5 Å². The Balaban J connectivity index is 0.00000363. The minimum Gasteiger partial charge on any atom is -0.497 e. The Bertz CT molecular complexity index is 950. The summed E-state index contributed by atoms with van der Waals surface area (Å²) >= 11 is 6.05. The smallest absolute Gasteiger partial charge is 0.191 e. The third-order valence-corrected chi connectivity index (χ3v) is 5.08. The summed E-state index contributed by atoms with van der Waals surface area (Å²) in [5.74, 6) is 1.38. The number of halogens is 2. The number of rotatable bonds is 9. The molecule has 3 aromatic rings. The van der Waals surface area contributed by atoms with Gasteiger partial charge >= 0.3 is 0 Å². The van der Waals surface area contributed by atoms with E-state index in [1.807, 2.05) is 72.4 Å². The molecule has 3 rings (SSSR count). The Morgan fingerprint density at radius 2 is 1.81 bits per heavy atom. The van der Waals surface area contributed by atoms with Crippen LogP contribution in [-0.4, -0.2) is 47.6 Å². The molecular formula is C23H29ClIN5O2. The molecule has 0 fully saturated rings. The summed E-state index contributed by atoms with van der Waals surface area (Å²) in [5, 5.41) is 22.2. The molecule has 0 aliphatic heterocycles. The lowest BCUT2D eigenvalue weighted by Crippen LogP contribution is -2.40. The fraction of sp³-hybridized carbons (Fsp3) is 0.304. The highest BCUT2D eigenvalue weighted by Gasteiger charge is 2.15. The van der Waals surface area contributed by atoms with Gasteiger partial charge in [-0.2, -0.15) is 5.10 Å². The predicted molar refractivity (Wildman–Crippen MR) is 139 cm³/mol. The van der Waals surface area contributed by atoms with Gasteiger partial charge in [0.15, 0.2) is 5.96 Å². The molecule has 3 N–H and O–H groups in total. The Morgan fingerprint density at radius 3 is 2.41 bits per heavy atom. The lowest BCUT2D eigenvalue weighted by molar-refractivity contribution is 0.187. The van der Waals surface area contributed by atoms with Crippen LogP contribution < -0.4 is 15.4 Å². The van der Waals surface area contributed by atoms with E-state index < -0.39 is 6.10 Å². The van der Waals surface area contributed by atoms with E-state index >= 15 is 0 Å². The van der Waals surface area contributed by atoms with Gasteiger partial charge in [-0.1, -0.05) is 35.9 Å². The van der Waals surface area contributed by atoms with Crippen molar-refractivity contribution < 1.29 is 9.84 Å². The van der Waals surface area contributed by atoms with Crippen LogP contribution in [0.25, 0.3) is 0 Å². The van der Waals surface area contributed by atoms with Crippen LogP contribution in [0.1, 0.15) is 30.2 Å². The van der Waals surface area contributed by atoms with Crippen LogP contribution in [-0.2, 0) is 0 Å². The van der Waals surface area contributed by atoms with E-state index in [0.717, 1.165) is 16.9 Å². The standard InChI is InChI=1S/C23H28ClN5O2.HI/c1-3-25-23(27-16-22(30)18-7-11-20(31-2)12-8-18)26-15-21(29-14-4-13-28-29)17-5-9-19(24)10-6-17;/h4-14,21-22,30H,3,15-16H2,1-2H3,(H2,25,26,27);1H. The number of aliphatic imine (C=N–C) groups is 1. The lowest BCUT2D eigenvalue weighted by atomic mass is 10.1. The van der Waals surface area contributed by atoms with Crippen molar-refractivity contribution in [1.82, 2.24) is 20.4 Å². The molecule has 0 bridgehead atoms. The van der Waals surface area contributed by atoms with Crippen molar-refractivity contribution in [3.63, 3.8) is 0 Å². The van der Waals surface area contributed by atoms with Gasteiger partial charge in [-0.25, -0.2) is 0 Å². The molecule has 7 nitrogen and oxygen atoms in total. The quantitative estimate of drug-likeness (QED) is 0.206. The number of benzene rings is 2. The molecule has 0 aliphatic carbocycles. The van der Waals surface area contributed by atoms with Crippen molar-refractivity contribution in [2.24, 2.45) is 4.99 Å². The van der Waals surface area contributed by atoms with Crippen LogP contribution in [0.2, 0.25) is 5.02 Å². The first-order chi connectivity index (χ1) is 15.1. The average Bonchev–Trinajstić information content (AvgIpc) is 3.33. The van der Waals surface area contributed by atoms with Crippen LogP contribution in [0, 0.1) is 0 Å². The van der Waals surface area contributed by atoms with Crippen molar-refractivity contribution in [3.05, 3.63) is 83.1 Å². The summed E-state index contributed by atoms with van der Waals surface area (Å²) in [4.78, 5) is 4.56. The largest absolute Gasteiger partial charge is 0.497 e. The minimum absolute atomic E-state index is 0. The molecule has 1 aromatic heterocycles. The van der Waals surface area contributed by atoms with Gasteiger partial charge in [-0.3, -0.25) is 9.67 Å². The van der Waals surface area contributed by atoms with Crippen molar-refractivity contribution in [1.29, 1.82) is 0 Å². The van der Waals surface area contributed by atoms with E-state index in [1.165, 1.54) is 0 Å². The molecule has 2 unspecified atom stereocenters. The van der Waals surface area contributed by atoms with Crippen molar-refractivity contribution in [2.45, 2.75) is 19.1 Å². The van der Waals surface area contributed by atoms with Crippen LogP contribution in [0.4, 0.5) is 0 Å². The first-order valence-electron chi connectivity index (χ1n) is 10.2. The zero-order valence-electron chi connectivity index (χ0n) is 18.1. The van der Waals surface area contributed by atoms with Crippen molar-refractivity contribution in [2.75, 3.05) is 26.7 Å². The Morgan fingerprint density at radius 1 is 1.12 bits per heavy atom. The molecule has 2 aromatic carbocycles. The number of aliphatic hydroxyl groups is 1. The fourth-order valence-electron chi connectivity index (χ4n) is 3.16. The number of methoxy groups -OCH3 is 1. The molecule has 0 spiro atoms. The normalized spacial score (nSPS) is 13.1. The number of aromatic nitrogens is 2. The van der Waals surface area contributed by atoms with Gasteiger partial charge < -0.3 is 20.5 Å². The molecule has 2 atom stereocenters. The maximum atomic E-state index is 10.5. The number of guanidine groups is 1. The third kappa shape index (κ3) is 7.39. The summed E-state index contributed by atoms with van der Waals surface area (Å²) in [6, 6.07) is 16.9. The van der Waals surface area contributed by atoms with Gasteiger partial charge in [0.2, 0.25) is 0 Å². The van der Waals surface area contributed by atoms with Gasteiger partial charge in [0.1, 0.15) is 5.75 Å². The molecule has 9 heteroatoms. The predicted octanol–water partition coefficient (Wildman–Crippen LogP) is 4.04. The second-order valence-corrected chi connectivity index (χ2v) is 7.38. The lowest BCUT2D eigenvalue weighted by Gasteiger charge is -2.21. The number of aliphatic hydroxyl groups excluding tert-OH is 1. The highest BCUT2D eigenvalue weighted by Crippen LogP contribution is 2.20. The van der Waals surface area contributed by atoms with Gasteiger partial charge in [-0.15, -0.1) is 24.0 Å².